The highest BCUT2D eigenvalue weighted by molar-refractivity contribution is 6.07. The molecule has 1 atom stereocenters. The molecule has 6 heteroatoms. The molecule has 0 aliphatic heterocycles. The molecule has 0 fully saturated rings. The van der Waals surface area contributed by atoms with E-state index in [1.165, 1.54) is 0 Å². The number of benzene rings is 1. The van der Waals surface area contributed by atoms with Crippen molar-refractivity contribution in [3.63, 3.8) is 0 Å². The number of aliphatic hydroxyl groups is 1. The van der Waals surface area contributed by atoms with Crippen LogP contribution >= 0.6 is 0 Å². The fourth-order valence-electron chi connectivity index (χ4n) is 1.72. The van der Waals surface area contributed by atoms with Gasteiger partial charge in [0.2, 0.25) is 0 Å². The summed E-state index contributed by atoms with van der Waals surface area (Å²) in [6, 6.07) is 7.10. The van der Waals surface area contributed by atoms with E-state index in [0.717, 1.165) is 0 Å². The number of carbonyl (C=O) groups is 2. The van der Waals surface area contributed by atoms with Gasteiger partial charge in [-0.25, -0.2) is 4.79 Å². The summed E-state index contributed by atoms with van der Waals surface area (Å²) in [5.74, 6) is -1.84. The molecule has 1 aromatic heterocycles. The number of carbonyl (C=O) groups excluding carboxylic acids is 1. The minimum atomic E-state index is -1.32. The Bertz CT molecular complexity index is 622. The molecule has 0 aliphatic rings. The van der Waals surface area contributed by atoms with Crippen LogP contribution in [0.5, 0.6) is 0 Å². The first-order valence-corrected chi connectivity index (χ1v) is 5.61. The molecule has 3 N–H and O–H groups in total. The summed E-state index contributed by atoms with van der Waals surface area (Å²) in [5.41, 5.74) is 0.969. The van der Waals surface area contributed by atoms with Gasteiger partial charge in [-0.15, -0.1) is 0 Å². The van der Waals surface area contributed by atoms with Gasteiger partial charge in [-0.3, -0.25) is 9.78 Å². The van der Waals surface area contributed by atoms with Gasteiger partial charge in [0, 0.05) is 17.1 Å². The number of hydrogen-bond acceptors (Lipinski definition) is 4. The minimum Gasteiger partial charge on any atom is -0.480 e. The number of carboxylic acids is 1. The fraction of sp³-hybridized carbons (Fsp3) is 0.154. The third-order valence-electron chi connectivity index (χ3n) is 2.68. The second-order valence-corrected chi connectivity index (χ2v) is 3.92. The molecule has 0 spiro atoms. The Balaban J connectivity index is 2.34. The van der Waals surface area contributed by atoms with Gasteiger partial charge in [0.05, 0.1) is 12.1 Å². The van der Waals surface area contributed by atoms with Crippen molar-refractivity contribution in [2.24, 2.45) is 0 Å². The molecule has 1 amide bonds. The normalized spacial score (nSPS) is 12.1. The Hall–Kier alpha value is -2.47. The third kappa shape index (κ3) is 2.69. The van der Waals surface area contributed by atoms with Crippen molar-refractivity contribution in [1.82, 2.24) is 10.3 Å². The van der Waals surface area contributed by atoms with Crippen molar-refractivity contribution < 1.29 is 19.8 Å². The lowest BCUT2D eigenvalue weighted by Gasteiger charge is -2.12. The van der Waals surface area contributed by atoms with E-state index < -0.39 is 24.5 Å². The van der Waals surface area contributed by atoms with Crippen LogP contribution in [-0.4, -0.2) is 39.7 Å². The molecule has 0 aliphatic carbocycles. The molecule has 1 heterocycles. The van der Waals surface area contributed by atoms with Crippen molar-refractivity contribution >= 4 is 22.8 Å². The Morgan fingerprint density at radius 2 is 2.05 bits per heavy atom. The predicted octanol–water partition coefficient (Wildman–Crippen LogP) is 0.410. The lowest BCUT2D eigenvalue weighted by Crippen LogP contribution is -2.43. The summed E-state index contributed by atoms with van der Waals surface area (Å²) < 4.78 is 0. The topological polar surface area (TPSA) is 99.5 Å². The van der Waals surface area contributed by atoms with Crippen LogP contribution in [0.4, 0.5) is 0 Å². The van der Waals surface area contributed by atoms with Crippen LogP contribution in [0.25, 0.3) is 10.9 Å². The fourth-order valence-corrected chi connectivity index (χ4v) is 1.72. The van der Waals surface area contributed by atoms with Gasteiger partial charge in [0.15, 0.2) is 6.04 Å². The van der Waals surface area contributed by atoms with Crippen LogP contribution in [-0.2, 0) is 4.79 Å². The molecule has 0 saturated carbocycles. The predicted molar refractivity (Wildman–Crippen MR) is 67.7 cm³/mol. The maximum Gasteiger partial charge on any atom is 0.328 e. The number of aliphatic hydroxyl groups excluding tert-OH is 1. The molecule has 0 radical (unpaired) electrons. The van der Waals surface area contributed by atoms with Gasteiger partial charge in [0.1, 0.15) is 0 Å². The Labute approximate surface area is 108 Å². The number of aliphatic carboxylic acids is 1. The number of pyridine rings is 1. The molecule has 0 bridgehead atoms. The molecular formula is C13H12N2O4. The Kier molecular flexibility index (Phi) is 3.72. The molecule has 1 aromatic carbocycles. The van der Waals surface area contributed by atoms with E-state index in [4.69, 9.17) is 10.2 Å². The first-order chi connectivity index (χ1) is 9.13. The van der Waals surface area contributed by atoms with Crippen molar-refractivity contribution in [2.45, 2.75) is 6.04 Å². The van der Waals surface area contributed by atoms with Crippen molar-refractivity contribution in [3.8, 4) is 0 Å². The molecule has 2 rings (SSSR count). The monoisotopic (exact) mass is 260 g/mol. The lowest BCUT2D eigenvalue weighted by atomic mass is 10.1. The second kappa shape index (κ2) is 5.45. The molecule has 98 valence electrons. The van der Waals surface area contributed by atoms with Crippen LogP contribution in [0.3, 0.4) is 0 Å². The smallest absolute Gasteiger partial charge is 0.328 e. The average molecular weight is 260 g/mol. The highest BCUT2D eigenvalue weighted by Crippen LogP contribution is 2.16. The van der Waals surface area contributed by atoms with E-state index in [1.54, 1.807) is 36.5 Å². The van der Waals surface area contributed by atoms with Crippen LogP contribution in [0.15, 0.2) is 36.5 Å². The van der Waals surface area contributed by atoms with Crippen molar-refractivity contribution in [1.29, 1.82) is 0 Å². The lowest BCUT2D eigenvalue weighted by molar-refractivity contribution is -0.140. The van der Waals surface area contributed by atoms with Gasteiger partial charge in [0.25, 0.3) is 5.91 Å². The van der Waals surface area contributed by atoms with E-state index in [9.17, 15) is 9.59 Å². The molecule has 2 aromatic rings. The standard InChI is InChI=1S/C13H12N2O4/c16-7-11(13(18)19)15-12(17)9-3-1-5-10-8(9)4-2-6-14-10/h1-6,11,16H,7H2,(H,15,17)(H,18,19)/t11-/m1/s1. The van der Waals surface area contributed by atoms with Gasteiger partial charge in [-0.1, -0.05) is 12.1 Å². The van der Waals surface area contributed by atoms with Crippen LogP contribution in [0, 0.1) is 0 Å². The summed E-state index contributed by atoms with van der Waals surface area (Å²) in [6.07, 6.45) is 1.61. The zero-order valence-corrected chi connectivity index (χ0v) is 9.91. The van der Waals surface area contributed by atoms with E-state index in [0.29, 0.717) is 16.5 Å². The highest BCUT2D eigenvalue weighted by Gasteiger charge is 2.20. The third-order valence-corrected chi connectivity index (χ3v) is 2.68. The number of fused-ring (bicyclic) bond motifs is 1. The zero-order valence-electron chi connectivity index (χ0n) is 9.91. The first kappa shape index (κ1) is 13.0. The second-order valence-electron chi connectivity index (χ2n) is 3.92. The Morgan fingerprint density at radius 3 is 2.74 bits per heavy atom. The van der Waals surface area contributed by atoms with Gasteiger partial charge >= 0.3 is 5.97 Å². The number of nitrogens with one attached hydrogen (secondary N) is 1. The number of rotatable bonds is 4. The van der Waals surface area contributed by atoms with Crippen molar-refractivity contribution in [3.05, 3.63) is 42.1 Å². The van der Waals surface area contributed by atoms with Crippen LogP contribution < -0.4 is 5.32 Å². The molecule has 19 heavy (non-hydrogen) atoms. The average Bonchev–Trinajstić information content (AvgIpc) is 2.43. The Morgan fingerprint density at radius 1 is 1.26 bits per heavy atom. The van der Waals surface area contributed by atoms with E-state index in [-0.39, 0.29) is 0 Å². The number of aromatic nitrogens is 1. The summed E-state index contributed by atoms with van der Waals surface area (Å²) in [4.78, 5) is 26.9. The van der Waals surface area contributed by atoms with Crippen LogP contribution in [0.1, 0.15) is 10.4 Å². The van der Waals surface area contributed by atoms with E-state index in [2.05, 4.69) is 10.3 Å². The minimum absolute atomic E-state index is 0.324. The summed E-state index contributed by atoms with van der Waals surface area (Å²) in [7, 11) is 0. The van der Waals surface area contributed by atoms with Gasteiger partial charge in [-0.05, 0) is 18.2 Å². The highest BCUT2D eigenvalue weighted by atomic mass is 16.4. The van der Waals surface area contributed by atoms with Crippen molar-refractivity contribution in [2.75, 3.05) is 6.61 Å². The largest absolute Gasteiger partial charge is 0.480 e. The van der Waals surface area contributed by atoms with Gasteiger partial charge in [-0.2, -0.15) is 0 Å². The summed E-state index contributed by atoms with van der Waals surface area (Å²) in [5, 5.41) is 20.6. The SMILES string of the molecule is O=C(N[C@H](CO)C(=O)O)c1cccc2ncccc12. The molecule has 6 nitrogen and oxygen atoms in total. The summed E-state index contributed by atoms with van der Waals surface area (Å²) in [6.45, 7) is -0.663. The molecule has 0 saturated heterocycles. The molecular weight excluding hydrogens is 248 g/mol. The number of nitrogens with zero attached hydrogens (tertiary/aromatic N) is 1. The first-order valence-electron chi connectivity index (χ1n) is 5.61. The maximum atomic E-state index is 12.0. The number of amides is 1. The zero-order chi connectivity index (χ0) is 13.8. The van der Waals surface area contributed by atoms with E-state index >= 15 is 0 Å². The summed E-state index contributed by atoms with van der Waals surface area (Å²) >= 11 is 0. The number of carboxylic acid groups (broad SMARTS) is 1. The van der Waals surface area contributed by atoms with Gasteiger partial charge < -0.3 is 15.5 Å². The van der Waals surface area contributed by atoms with Crippen LogP contribution in [0.2, 0.25) is 0 Å². The maximum absolute atomic E-state index is 12.0. The quantitative estimate of drug-likeness (QED) is 0.739. The van der Waals surface area contributed by atoms with E-state index in [1.807, 2.05) is 0 Å². The molecule has 0 unspecified atom stereocenters. The number of hydrogen-bond donors (Lipinski definition) is 3.